The number of anilines is 2. The Hall–Kier alpha value is -3.62. The summed E-state index contributed by atoms with van der Waals surface area (Å²) < 4.78 is 18.8. The van der Waals surface area contributed by atoms with Gasteiger partial charge in [0, 0.05) is 24.7 Å². The Balaban J connectivity index is 1.19. The maximum atomic E-state index is 5.80. The lowest BCUT2D eigenvalue weighted by molar-refractivity contribution is 0.00729. The van der Waals surface area contributed by atoms with Crippen LogP contribution < -0.4 is 14.8 Å². The molecule has 0 radical (unpaired) electrons. The molecule has 1 aliphatic carbocycles. The largest absolute Gasteiger partial charge is 0.496 e. The second-order valence-electron chi connectivity index (χ2n) is 10.1. The number of morpholine rings is 1. The van der Waals surface area contributed by atoms with Crippen molar-refractivity contribution in [2.75, 3.05) is 45.8 Å². The summed E-state index contributed by atoms with van der Waals surface area (Å²) in [5.74, 6) is 2.67. The molecule has 198 valence electrons. The van der Waals surface area contributed by atoms with E-state index in [4.69, 9.17) is 19.3 Å². The first-order chi connectivity index (χ1) is 18.7. The Morgan fingerprint density at radius 1 is 0.895 bits per heavy atom. The van der Waals surface area contributed by atoms with E-state index in [1.807, 2.05) is 47.1 Å². The van der Waals surface area contributed by atoms with E-state index in [1.165, 1.54) is 31.2 Å². The first-order valence-corrected chi connectivity index (χ1v) is 13.5. The number of ether oxygens (including phenoxy) is 3. The second kappa shape index (κ2) is 11.0. The standard InChI is InChI=1S/C30H35N5O3/c1-36-28-6-4-3-5-25(28)27-14-12-24-20-31-30(33-35(24)27)32-26-13-9-22(19-29(26)37-2)21-7-10-23(11-8-21)34-15-17-38-18-16-34/h3-6,9,12-14,19-21,23H,7-8,10-11,15-18H2,1-2H3,(H,32,33)/t21-,23-. The summed E-state index contributed by atoms with van der Waals surface area (Å²) in [7, 11) is 3.40. The molecule has 6 rings (SSSR count). The van der Waals surface area contributed by atoms with Crippen molar-refractivity contribution in [3.63, 3.8) is 0 Å². The molecule has 2 fully saturated rings. The van der Waals surface area contributed by atoms with Crippen LogP contribution in [0.2, 0.25) is 0 Å². The monoisotopic (exact) mass is 513 g/mol. The third kappa shape index (κ3) is 4.93. The molecule has 0 atom stereocenters. The molecule has 4 aromatic rings. The van der Waals surface area contributed by atoms with Gasteiger partial charge in [0.1, 0.15) is 11.5 Å². The molecule has 1 aliphatic heterocycles. The van der Waals surface area contributed by atoms with E-state index in [2.05, 4.69) is 33.4 Å². The van der Waals surface area contributed by atoms with Gasteiger partial charge in [-0.05, 0) is 73.6 Å². The predicted molar refractivity (Wildman–Crippen MR) is 149 cm³/mol. The molecule has 0 spiro atoms. The zero-order valence-electron chi connectivity index (χ0n) is 22.1. The lowest BCUT2D eigenvalue weighted by atomic mass is 9.81. The fraction of sp³-hybridized carbons (Fsp3) is 0.400. The van der Waals surface area contributed by atoms with Crippen LogP contribution in [0.5, 0.6) is 11.5 Å². The van der Waals surface area contributed by atoms with Gasteiger partial charge in [-0.25, -0.2) is 9.50 Å². The van der Waals surface area contributed by atoms with Crippen molar-refractivity contribution in [1.29, 1.82) is 0 Å². The van der Waals surface area contributed by atoms with Crippen molar-refractivity contribution in [2.45, 2.75) is 37.6 Å². The second-order valence-corrected chi connectivity index (χ2v) is 10.1. The summed E-state index contributed by atoms with van der Waals surface area (Å²) in [5, 5.41) is 8.17. The first kappa shape index (κ1) is 24.7. The molecule has 0 unspecified atom stereocenters. The lowest BCUT2D eigenvalue weighted by Crippen LogP contribution is -2.44. The molecule has 3 heterocycles. The molecule has 2 aromatic carbocycles. The van der Waals surface area contributed by atoms with E-state index in [1.54, 1.807) is 14.2 Å². The van der Waals surface area contributed by atoms with E-state index in [0.717, 1.165) is 60.3 Å². The molecule has 2 aromatic heterocycles. The molecule has 8 heteroatoms. The van der Waals surface area contributed by atoms with Gasteiger partial charge in [0.2, 0.25) is 5.95 Å². The van der Waals surface area contributed by atoms with Crippen LogP contribution in [0.3, 0.4) is 0 Å². The number of nitrogens with zero attached hydrogens (tertiary/aromatic N) is 4. The highest BCUT2D eigenvalue weighted by Crippen LogP contribution is 2.38. The number of rotatable bonds is 7. The number of methoxy groups -OCH3 is 2. The Bertz CT molecular complexity index is 1390. The SMILES string of the molecule is COc1cc([C@H]2CC[C@H](N3CCOCC3)CC2)ccc1Nc1ncc2ccc(-c3ccccc3OC)n2n1. The summed E-state index contributed by atoms with van der Waals surface area (Å²) in [4.78, 5) is 7.17. The Morgan fingerprint density at radius 2 is 1.68 bits per heavy atom. The molecule has 1 saturated heterocycles. The van der Waals surface area contributed by atoms with Crippen molar-refractivity contribution in [2.24, 2.45) is 0 Å². The number of hydrogen-bond acceptors (Lipinski definition) is 7. The summed E-state index contributed by atoms with van der Waals surface area (Å²) in [5.41, 5.74) is 5.02. The zero-order chi connectivity index (χ0) is 25.9. The molecule has 8 nitrogen and oxygen atoms in total. The highest BCUT2D eigenvalue weighted by Gasteiger charge is 2.28. The van der Waals surface area contributed by atoms with E-state index in [9.17, 15) is 0 Å². The van der Waals surface area contributed by atoms with Crippen molar-refractivity contribution >= 4 is 17.2 Å². The molecular formula is C30H35N5O3. The van der Waals surface area contributed by atoms with Gasteiger partial charge in [0.05, 0.1) is 50.5 Å². The molecule has 1 saturated carbocycles. The predicted octanol–water partition coefficient (Wildman–Crippen LogP) is 5.52. The van der Waals surface area contributed by atoms with Crippen LogP contribution in [0.1, 0.15) is 37.2 Å². The molecule has 0 bridgehead atoms. The van der Waals surface area contributed by atoms with Gasteiger partial charge in [-0.15, -0.1) is 5.10 Å². The van der Waals surface area contributed by atoms with Gasteiger partial charge < -0.3 is 19.5 Å². The minimum atomic E-state index is 0.502. The minimum Gasteiger partial charge on any atom is -0.496 e. The number of aromatic nitrogens is 3. The third-order valence-corrected chi connectivity index (χ3v) is 7.98. The molecule has 0 amide bonds. The van der Waals surface area contributed by atoms with Gasteiger partial charge >= 0.3 is 0 Å². The summed E-state index contributed by atoms with van der Waals surface area (Å²) in [6, 6.07) is 19.2. The molecule has 1 N–H and O–H groups in total. The highest BCUT2D eigenvalue weighted by atomic mass is 16.5. The number of benzene rings is 2. The molecule has 38 heavy (non-hydrogen) atoms. The third-order valence-electron chi connectivity index (χ3n) is 7.98. The van der Waals surface area contributed by atoms with E-state index < -0.39 is 0 Å². The number of hydrogen-bond donors (Lipinski definition) is 1. The minimum absolute atomic E-state index is 0.502. The highest BCUT2D eigenvalue weighted by molar-refractivity contribution is 5.72. The number of nitrogens with one attached hydrogen (secondary N) is 1. The van der Waals surface area contributed by atoms with E-state index >= 15 is 0 Å². The summed E-state index contributed by atoms with van der Waals surface area (Å²) >= 11 is 0. The van der Waals surface area contributed by atoms with Gasteiger partial charge in [0.25, 0.3) is 0 Å². The van der Waals surface area contributed by atoms with E-state index in [0.29, 0.717) is 17.9 Å². The maximum absolute atomic E-state index is 5.80. The summed E-state index contributed by atoms with van der Waals surface area (Å²) in [6.45, 7) is 3.88. The molecular weight excluding hydrogens is 478 g/mol. The summed E-state index contributed by atoms with van der Waals surface area (Å²) in [6.07, 6.45) is 6.72. The van der Waals surface area contributed by atoms with Gasteiger partial charge in [-0.1, -0.05) is 18.2 Å². The fourth-order valence-electron chi connectivity index (χ4n) is 5.92. The van der Waals surface area contributed by atoms with Crippen LogP contribution in [0.25, 0.3) is 16.8 Å². The van der Waals surface area contributed by atoms with E-state index in [-0.39, 0.29) is 0 Å². The van der Waals surface area contributed by atoms with Crippen molar-refractivity contribution in [3.8, 4) is 22.8 Å². The van der Waals surface area contributed by atoms with Crippen LogP contribution in [0.4, 0.5) is 11.6 Å². The zero-order valence-corrected chi connectivity index (χ0v) is 22.1. The van der Waals surface area contributed by atoms with Crippen molar-refractivity contribution in [1.82, 2.24) is 19.5 Å². The fourth-order valence-corrected chi connectivity index (χ4v) is 5.92. The number of fused-ring (bicyclic) bond motifs is 1. The average Bonchev–Trinajstić information content (AvgIpc) is 3.41. The van der Waals surface area contributed by atoms with Gasteiger partial charge in [0.15, 0.2) is 0 Å². The van der Waals surface area contributed by atoms with Crippen LogP contribution in [0, 0.1) is 0 Å². The topological polar surface area (TPSA) is 73.2 Å². The number of para-hydroxylation sites is 1. The maximum Gasteiger partial charge on any atom is 0.245 e. The van der Waals surface area contributed by atoms with Crippen LogP contribution in [-0.4, -0.2) is 66.1 Å². The van der Waals surface area contributed by atoms with Crippen molar-refractivity contribution in [3.05, 3.63) is 66.4 Å². The van der Waals surface area contributed by atoms with Crippen LogP contribution in [0.15, 0.2) is 60.8 Å². The van der Waals surface area contributed by atoms with Crippen LogP contribution in [-0.2, 0) is 4.74 Å². The quantitative estimate of drug-likeness (QED) is 0.349. The van der Waals surface area contributed by atoms with Crippen molar-refractivity contribution < 1.29 is 14.2 Å². The van der Waals surface area contributed by atoms with Gasteiger partial charge in [-0.2, -0.15) is 0 Å². The Morgan fingerprint density at radius 3 is 2.47 bits per heavy atom. The Labute approximate surface area is 223 Å². The van der Waals surface area contributed by atoms with Crippen LogP contribution >= 0.6 is 0 Å². The average molecular weight is 514 g/mol. The smallest absolute Gasteiger partial charge is 0.245 e. The van der Waals surface area contributed by atoms with Gasteiger partial charge in [-0.3, -0.25) is 4.90 Å². The molecule has 2 aliphatic rings. The normalized spacial score (nSPS) is 20.4. The Kier molecular flexibility index (Phi) is 7.16. The lowest BCUT2D eigenvalue weighted by Gasteiger charge is -2.39. The first-order valence-electron chi connectivity index (χ1n) is 13.5.